The van der Waals surface area contributed by atoms with E-state index in [1.165, 1.54) is 16.9 Å². The van der Waals surface area contributed by atoms with E-state index in [0.29, 0.717) is 6.54 Å². The molecular formula is C16H18ClNO2S. The molecule has 2 aromatic rings. The van der Waals surface area contributed by atoms with E-state index in [1.54, 1.807) is 11.9 Å². The number of carbonyl (C=O) groups excluding carboxylic acids is 1. The quantitative estimate of drug-likeness (QED) is 0.830. The van der Waals surface area contributed by atoms with Crippen LogP contribution in [-0.4, -0.2) is 24.5 Å². The predicted octanol–water partition coefficient (Wildman–Crippen LogP) is 4.06. The molecule has 0 saturated heterocycles. The summed E-state index contributed by atoms with van der Waals surface area (Å²) >= 11 is 7.37. The summed E-state index contributed by atoms with van der Waals surface area (Å²) in [5.74, 6) is 0.695. The Bertz CT molecular complexity index is 639. The number of ether oxygens (including phenoxy) is 1. The summed E-state index contributed by atoms with van der Waals surface area (Å²) in [6.07, 6.45) is 0. The van der Waals surface area contributed by atoms with Crippen LogP contribution in [0.25, 0.3) is 0 Å². The number of carbonyl (C=O) groups is 1. The number of amides is 1. The van der Waals surface area contributed by atoms with Crippen molar-refractivity contribution in [1.82, 2.24) is 4.90 Å². The maximum atomic E-state index is 12.1. The van der Waals surface area contributed by atoms with Gasteiger partial charge in [-0.15, -0.1) is 11.3 Å². The zero-order valence-corrected chi connectivity index (χ0v) is 13.9. The van der Waals surface area contributed by atoms with Gasteiger partial charge in [0.2, 0.25) is 0 Å². The van der Waals surface area contributed by atoms with Crippen molar-refractivity contribution in [2.75, 3.05) is 13.7 Å². The van der Waals surface area contributed by atoms with Crippen LogP contribution in [-0.2, 0) is 11.3 Å². The van der Waals surface area contributed by atoms with Crippen LogP contribution in [0.1, 0.15) is 16.0 Å². The lowest BCUT2D eigenvalue weighted by Gasteiger charge is -2.17. The first-order valence-electron chi connectivity index (χ1n) is 6.64. The second kappa shape index (κ2) is 6.96. The fourth-order valence-corrected chi connectivity index (χ4v) is 3.11. The SMILES string of the molecule is Cc1ccc(OCC(=O)N(C)Cc2ccc(Cl)s2)c(C)c1. The highest BCUT2D eigenvalue weighted by Crippen LogP contribution is 2.22. The molecule has 1 aromatic carbocycles. The number of thiophene rings is 1. The van der Waals surface area contributed by atoms with Gasteiger partial charge in [-0.25, -0.2) is 0 Å². The lowest BCUT2D eigenvalue weighted by atomic mass is 10.1. The molecule has 1 aromatic heterocycles. The molecular weight excluding hydrogens is 306 g/mol. The first-order chi connectivity index (χ1) is 9.95. The van der Waals surface area contributed by atoms with Gasteiger partial charge in [0.1, 0.15) is 5.75 Å². The van der Waals surface area contributed by atoms with Crippen molar-refractivity contribution in [1.29, 1.82) is 0 Å². The third-order valence-corrected chi connectivity index (χ3v) is 4.35. The summed E-state index contributed by atoms with van der Waals surface area (Å²) in [5, 5.41) is 0. The lowest BCUT2D eigenvalue weighted by molar-refractivity contribution is -0.132. The molecule has 0 bridgehead atoms. The van der Waals surface area contributed by atoms with Gasteiger partial charge in [-0.3, -0.25) is 4.79 Å². The number of hydrogen-bond acceptors (Lipinski definition) is 3. The molecule has 0 N–H and O–H groups in total. The summed E-state index contributed by atoms with van der Waals surface area (Å²) in [5.41, 5.74) is 2.22. The first-order valence-corrected chi connectivity index (χ1v) is 7.83. The van der Waals surface area contributed by atoms with Gasteiger partial charge in [0.05, 0.1) is 10.9 Å². The first kappa shape index (κ1) is 15.9. The predicted molar refractivity (Wildman–Crippen MR) is 87.2 cm³/mol. The van der Waals surface area contributed by atoms with Crippen LogP contribution < -0.4 is 4.74 Å². The van der Waals surface area contributed by atoms with Gasteiger partial charge in [0, 0.05) is 11.9 Å². The van der Waals surface area contributed by atoms with Gasteiger partial charge in [-0.05, 0) is 37.6 Å². The molecule has 2 rings (SSSR count). The van der Waals surface area contributed by atoms with Crippen LogP contribution in [0, 0.1) is 13.8 Å². The Kier molecular flexibility index (Phi) is 5.26. The van der Waals surface area contributed by atoms with E-state index in [-0.39, 0.29) is 12.5 Å². The number of aryl methyl sites for hydroxylation is 2. The van der Waals surface area contributed by atoms with Crippen LogP contribution in [0.3, 0.4) is 0 Å². The maximum Gasteiger partial charge on any atom is 0.260 e. The van der Waals surface area contributed by atoms with Crippen LogP contribution in [0.2, 0.25) is 4.34 Å². The second-order valence-electron chi connectivity index (χ2n) is 5.01. The van der Waals surface area contributed by atoms with Crippen molar-refractivity contribution in [3.63, 3.8) is 0 Å². The van der Waals surface area contributed by atoms with Gasteiger partial charge < -0.3 is 9.64 Å². The largest absolute Gasteiger partial charge is 0.484 e. The summed E-state index contributed by atoms with van der Waals surface area (Å²) < 4.78 is 6.34. The zero-order chi connectivity index (χ0) is 15.4. The topological polar surface area (TPSA) is 29.5 Å². The van der Waals surface area contributed by atoms with Crippen LogP contribution in [0.15, 0.2) is 30.3 Å². The van der Waals surface area contributed by atoms with Crippen LogP contribution in [0.4, 0.5) is 0 Å². The number of likely N-dealkylation sites (N-methyl/N-ethyl adjacent to an activating group) is 1. The summed E-state index contributed by atoms with van der Waals surface area (Å²) in [6, 6.07) is 9.69. The average Bonchev–Trinajstić information content (AvgIpc) is 2.82. The molecule has 21 heavy (non-hydrogen) atoms. The third kappa shape index (κ3) is 4.48. The van der Waals surface area contributed by atoms with Crippen molar-refractivity contribution in [2.45, 2.75) is 20.4 Å². The number of nitrogens with zero attached hydrogens (tertiary/aromatic N) is 1. The van der Waals surface area contributed by atoms with E-state index in [2.05, 4.69) is 0 Å². The molecule has 0 aliphatic rings. The highest BCUT2D eigenvalue weighted by molar-refractivity contribution is 7.16. The summed E-state index contributed by atoms with van der Waals surface area (Å²) in [7, 11) is 1.77. The Morgan fingerprint density at radius 1 is 1.29 bits per heavy atom. The molecule has 0 atom stereocenters. The number of benzene rings is 1. The van der Waals surface area contributed by atoms with Crippen molar-refractivity contribution >= 4 is 28.8 Å². The average molecular weight is 324 g/mol. The van der Waals surface area contributed by atoms with Crippen molar-refractivity contribution in [3.8, 4) is 5.75 Å². The second-order valence-corrected chi connectivity index (χ2v) is 6.81. The number of rotatable bonds is 5. The van der Waals surface area contributed by atoms with Crippen molar-refractivity contribution in [3.05, 3.63) is 50.7 Å². The minimum Gasteiger partial charge on any atom is -0.484 e. The molecule has 0 saturated carbocycles. The van der Waals surface area contributed by atoms with E-state index in [0.717, 1.165) is 20.5 Å². The molecule has 0 radical (unpaired) electrons. The fraction of sp³-hybridized carbons (Fsp3) is 0.312. The minimum atomic E-state index is -0.0560. The Balaban J connectivity index is 1.89. The van der Waals surface area contributed by atoms with Gasteiger partial charge >= 0.3 is 0 Å². The smallest absolute Gasteiger partial charge is 0.260 e. The van der Waals surface area contributed by atoms with Gasteiger partial charge in [-0.1, -0.05) is 29.3 Å². The lowest BCUT2D eigenvalue weighted by Crippen LogP contribution is -2.30. The normalized spacial score (nSPS) is 10.5. The molecule has 1 amide bonds. The number of hydrogen-bond donors (Lipinski definition) is 0. The fourth-order valence-electron chi connectivity index (χ4n) is 1.97. The maximum absolute atomic E-state index is 12.1. The standard InChI is InChI=1S/C16H18ClNO2S/c1-11-4-6-14(12(2)8-11)20-10-16(19)18(3)9-13-5-7-15(17)21-13/h4-8H,9-10H2,1-3H3. The Morgan fingerprint density at radius 3 is 2.67 bits per heavy atom. The summed E-state index contributed by atoms with van der Waals surface area (Å²) in [6.45, 7) is 4.60. The van der Waals surface area contributed by atoms with Crippen LogP contribution in [0.5, 0.6) is 5.75 Å². The van der Waals surface area contributed by atoms with Gasteiger partial charge in [0.25, 0.3) is 5.91 Å². The van der Waals surface area contributed by atoms with E-state index in [9.17, 15) is 4.79 Å². The Morgan fingerprint density at radius 2 is 2.05 bits per heavy atom. The van der Waals surface area contributed by atoms with E-state index < -0.39 is 0 Å². The van der Waals surface area contributed by atoms with Crippen LogP contribution >= 0.6 is 22.9 Å². The van der Waals surface area contributed by atoms with Gasteiger partial charge in [-0.2, -0.15) is 0 Å². The van der Waals surface area contributed by atoms with E-state index in [1.807, 2.05) is 44.2 Å². The highest BCUT2D eigenvalue weighted by atomic mass is 35.5. The summed E-state index contributed by atoms with van der Waals surface area (Å²) in [4.78, 5) is 14.8. The molecule has 5 heteroatoms. The van der Waals surface area contributed by atoms with E-state index in [4.69, 9.17) is 16.3 Å². The molecule has 0 aliphatic heterocycles. The van der Waals surface area contributed by atoms with Gasteiger partial charge in [0.15, 0.2) is 6.61 Å². The molecule has 0 spiro atoms. The highest BCUT2D eigenvalue weighted by Gasteiger charge is 2.12. The minimum absolute atomic E-state index is 0.0412. The monoisotopic (exact) mass is 323 g/mol. The Hall–Kier alpha value is -1.52. The third-order valence-electron chi connectivity index (χ3n) is 3.13. The molecule has 0 unspecified atom stereocenters. The zero-order valence-electron chi connectivity index (χ0n) is 12.4. The van der Waals surface area contributed by atoms with E-state index >= 15 is 0 Å². The molecule has 0 aliphatic carbocycles. The molecule has 112 valence electrons. The molecule has 0 fully saturated rings. The van der Waals surface area contributed by atoms with Crippen molar-refractivity contribution < 1.29 is 9.53 Å². The number of halogens is 1. The molecule has 3 nitrogen and oxygen atoms in total. The van der Waals surface area contributed by atoms with Crippen molar-refractivity contribution in [2.24, 2.45) is 0 Å². The molecule has 1 heterocycles. The Labute approximate surface area is 134 Å².